The van der Waals surface area contributed by atoms with Gasteiger partial charge in [-0.2, -0.15) is 0 Å². The van der Waals surface area contributed by atoms with E-state index in [1.54, 1.807) is 0 Å². The van der Waals surface area contributed by atoms with Crippen molar-refractivity contribution in [2.45, 2.75) is 76.9 Å². The summed E-state index contributed by atoms with van der Waals surface area (Å²) in [6.45, 7) is 15.7. The first-order valence-electron chi connectivity index (χ1n) is 6.92. The lowest BCUT2D eigenvalue weighted by molar-refractivity contribution is -0.0377. The van der Waals surface area contributed by atoms with Gasteiger partial charge in [-0.05, 0) is 41.0 Å². The van der Waals surface area contributed by atoms with Gasteiger partial charge in [0.25, 0.3) is 0 Å². The van der Waals surface area contributed by atoms with Crippen LogP contribution in [0.1, 0.15) is 48.0 Å². The molecule has 108 valence electrons. The number of carbonyl (C=O) groups is 1. The number of rotatable bonds is 2. The third kappa shape index (κ3) is 1.97. The molecule has 0 aromatic carbocycles. The molecule has 4 unspecified atom stereocenters. The monoisotopic (exact) mass is 267 g/mol. The fourth-order valence-electron chi connectivity index (χ4n) is 3.11. The van der Waals surface area contributed by atoms with Gasteiger partial charge in [0.05, 0.1) is 11.1 Å². The molecule has 0 radical (unpaired) electrons. The summed E-state index contributed by atoms with van der Waals surface area (Å²) in [5.41, 5.74) is -1.31. The van der Waals surface area contributed by atoms with E-state index in [1.165, 1.54) is 0 Å². The van der Waals surface area contributed by atoms with Crippen LogP contribution in [0, 0.1) is 0 Å². The standard InChI is InChI=1S/C15H25NO3/c1-8-14(6)10-11(18-10)15(7,9-2)16(14)12(17)19-13(3,4)5/h8,10-11H,1,9H2,2-7H3. The first-order valence-corrected chi connectivity index (χ1v) is 6.92. The van der Waals surface area contributed by atoms with Crippen LogP contribution < -0.4 is 0 Å². The smallest absolute Gasteiger partial charge is 0.411 e. The second-order valence-corrected chi connectivity index (χ2v) is 6.93. The van der Waals surface area contributed by atoms with Gasteiger partial charge in [-0.1, -0.05) is 13.0 Å². The van der Waals surface area contributed by atoms with Crippen LogP contribution in [0.5, 0.6) is 0 Å². The Morgan fingerprint density at radius 1 is 1.42 bits per heavy atom. The Balaban J connectivity index is 2.34. The first kappa shape index (κ1) is 14.4. The van der Waals surface area contributed by atoms with Crippen molar-refractivity contribution in [3.05, 3.63) is 12.7 Å². The lowest BCUT2D eigenvalue weighted by Crippen LogP contribution is -2.59. The van der Waals surface area contributed by atoms with Gasteiger partial charge >= 0.3 is 6.09 Å². The van der Waals surface area contributed by atoms with Gasteiger partial charge in [0.1, 0.15) is 17.8 Å². The summed E-state index contributed by atoms with van der Waals surface area (Å²) in [5, 5.41) is 0. The summed E-state index contributed by atoms with van der Waals surface area (Å²) in [6.07, 6.45) is 2.49. The van der Waals surface area contributed by atoms with Crippen LogP contribution in [0.4, 0.5) is 4.79 Å². The lowest BCUT2D eigenvalue weighted by atomic mass is 9.95. The Morgan fingerprint density at radius 2 is 2.00 bits per heavy atom. The zero-order valence-electron chi connectivity index (χ0n) is 12.8. The molecule has 19 heavy (non-hydrogen) atoms. The Kier molecular flexibility index (Phi) is 3.01. The summed E-state index contributed by atoms with van der Waals surface area (Å²) >= 11 is 0. The van der Waals surface area contributed by atoms with Crippen molar-refractivity contribution >= 4 is 6.09 Å². The molecule has 1 amide bonds. The minimum atomic E-state index is -0.499. The van der Waals surface area contributed by atoms with Crippen molar-refractivity contribution in [2.75, 3.05) is 0 Å². The summed E-state index contributed by atoms with van der Waals surface area (Å²) in [4.78, 5) is 14.4. The summed E-state index contributed by atoms with van der Waals surface area (Å²) in [6, 6.07) is 0. The number of nitrogens with zero attached hydrogens (tertiary/aromatic N) is 1. The molecule has 0 bridgehead atoms. The molecule has 4 heteroatoms. The van der Waals surface area contributed by atoms with E-state index in [0.29, 0.717) is 0 Å². The molecule has 2 heterocycles. The molecule has 2 saturated heterocycles. The van der Waals surface area contributed by atoms with E-state index >= 15 is 0 Å². The Labute approximate surface area is 115 Å². The molecule has 2 rings (SSSR count). The number of epoxide rings is 1. The third-order valence-corrected chi connectivity index (χ3v) is 4.38. The van der Waals surface area contributed by atoms with E-state index in [0.717, 1.165) is 6.42 Å². The molecular formula is C15H25NO3. The van der Waals surface area contributed by atoms with Gasteiger partial charge in [-0.25, -0.2) is 4.79 Å². The predicted octanol–water partition coefficient (Wildman–Crippen LogP) is 3.12. The molecule has 0 aromatic rings. The van der Waals surface area contributed by atoms with Crippen LogP contribution in [0.3, 0.4) is 0 Å². The van der Waals surface area contributed by atoms with Crippen LogP contribution in [-0.2, 0) is 9.47 Å². The Morgan fingerprint density at radius 3 is 2.42 bits per heavy atom. The zero-order chi connectivity index (χ0) is 14.6. The number of amides is 1. The maximum Gasteiger partial charge on any atom is 0.411 e. The highest BCUT2D eigenvalue weighted by Crippen LogP contribution is 2.55. The molecule has 2 fully saturated rings. The molecule has 0 aliphatic carbocycles. The van der Waals surface area contributed by atoms with Gasteiger partial charge in [0.2, 0.25) is 0 Å². The van der Waals surface area contributed by atoms with Crippen molar-refractivity contribution in [2.24, 2.45) is 0 Å². The minimum Gasteiger partial charge on any atom is -0.444 e. The maximum absolute atomic E-state index is 12.6. The third-order valence-electron chi connectivity index (χ3n) is 4.38. The van der Waals surface area contributed by atoms with E-state index in [9.17, 15) is 4.79 Å². The van der Waals surface area contributed by atoms with Crippen molar-refractivity contribution in [1.82, 2.24) is 4.90 Å². The van der Waals surface area contributed by atoms with Gasteiger partial charge < -0.3 is 9.47 Å². The number of morpholine rings is 1. The highest BCUT2D eigenvalue weighted by atomic mass is 16.6. The molecule has 4 nitrogen and oxygen atoms in total. The molecule has 2 aliphatic rings. The summed E-state index contributed by atoms with van der Waals surface area (Å²) < 4.78 is 11.3. The summed E-state index contributed by atoms with van der Waals surface area (Å²) in [5.74, 6) is 0. The second kappa shape index (κ2) is 3.98. The maximum atomic E-state index is 12.6. The Bertz CT molecular complexity index is 414. The van der Waals surface area contributed by atoms with Crippen molar-refractivity contribution in [3.63, 3.8) is 0 Å². The predicted molar refractivity (Wildman–Crippen MR) is 74.0 cm³/mol. The van der Waals surface area contributed by atoms with Crippen LogP contribution >= 0.6 is 0 Å². The number of fused-ring (bicyclic) bond motifs is 1. The van der Waals surface area contributed by atoms with Crippen LogP contribution in [0.2, 0.25) is 0 Å². The van der Waals surface area contributed by atoms with E-state index < -0.39 is 11.1 Å². The lowest BCUT2D eigenvalue weighted by Gasteiger charge is -2.44. The van der Waals surface area contributed by atoms with Crippen LogP contribution in [0.15, 0.2) is 12.7 Å². The molecule has 0 aromatic heterocycles. The normalized spacial score (nSPS) is 40.8. The number of hydrogen-bond acceptors (Lipinski definition) is 3. The molecular weight excluding hydrogens is 242 g/mol. The number of hydrogen-bond donors (Lipinski definition) is 0. The largest absolute Gasteiger partial charge is 0.444 e. The average molecular weight is 267 g/mol. The van der Waals surface area contributed by atoms with E-state index in [1.807, 2.05) is 38.7 Å². The minimum absolute atomic E-state index is 0.0440. The second-order valence-electron chi connectivity index (χ2n) is 6.93. The highest BCUT2D eigenvalue weighted by Gasteiger charge is 2.72. The van der Waals surface area contributed by atoms with Crippen LogP contribution in [-0.4, -0.2) is 39.9 Å². The van der Waals surface area contributed by atoms with Gasteiger partial charge in [0.15, 0.2) is 0 Å². The zero-order valence-corrected chi connectivity index (χ0v) is 12.8. The first-order chi connectivity index (χ1) is 8.60. The number of carbonyl (C=O) groups excluding carboxylic acids is 1. The topological polar surface area (TPSA) is 42.1 Å². The molecule has 0 saturated carbocycles. The van der Waals surface area contributed by atoms with E-state index in [4.69, 9.17) is 9.47 Å². The van der Waals surface area contributed by atoms with Crippen molar-refractivity contribution in [3.8, 4) is 0 Å². The fraction of sp³-hybridized carbons (Fsp3) is 0.800. The molecule has 4 atom stereocenters. The van der Waals surface area contributed by atoms with Gasteiger partial charge in [-0.15, -0.1) is 6.58 Å². The fourth-order valence-corrected chi connectivity index (χ4v) is 3.11. The van der Waals surface area contributed by atoms with Crippen molar-refractivity contribution in [1.29, 1.82) is 0 Å². The number of likely N-dealkylation sites (tertiary alicyclic amines) is 1. The highest BCUT2D eigenvalue weighted by molar-refractivity contribution is 5.73. The van der Waals surface area contributed by atoms with Gasteiger partial charge in [-0.3, -0.25) is 4.90 Å². The molecule has 0 spiro atoms. The van der Waals surface area contributed by atoms with E-state index in [-0.39, 0.29) is 23.8 Å². The summed E-state index contributed by atoms with van der Waals surface area (Å²) in [7, 11) is 0. The SMILES string of the molecule is C=CC1(C)C2OC2C(C)(CC)N1C(=O)OC(C)(C)C. The molecule has 0 N–H and O–H groups in total. The molecule has 2 aliphatic heterocycles. The Hall–Kier alpha value is -1.03. The number of ether oxygens (including phenoxy) is 2. The average Bonchev–Trinajstić information content (AvgIpc) is 3.03. The quantitative estimate of drug-likeness (QED) is 0.570. The van der Waals surface area contributed by atoms with Crippen LogP contribution in [0.25, 0.3) is 0 Å². The van der Waals surface area contributed by atoms with Gasteiger partial charge in [0, 0.05) is 0 Å². The van der Waals surface area contributed by atoms with Crippen molar-refractivity contribution < 1.29 is 14.3 Å². The van der Waals surface area contributed by atoms with E-state index in [2.05, 4.69) is 20.4 Å².